The summed E-state index contributed by atoms with van der Waals surface area (Å²) >= 11 is 0. The van der Waals surface area contributed by atoms with Crippen molar-refractivity contribution in [3.8, 4) is 0 Å². The lowest BCUT2D eigenvalue weighted by Gasteiger charge is -2.40. The lowest BCUT2D eigenvalue weighted by atomic mass is 9.98. The van der Waals surface area contributed by atoms with E-state index in [1.165, 1.54) is 64.2 Å². The Morgan fingerprint density at radius 2 is 1.14 bits per heavy atom. The monoisotopic (exact) mass is 796 g/mol. The van der Waals surface area contributed by atoms with E-state index in [4.69, 9.17) is 9.47 Å². The molecule has 1 rings (SSSR count). The molecule has 0 aliphatic carbocycles. The Kier molecular flexibility index (Phi) is 32.6. The fourth-order valence-corrected chi connectivity index (χ4v) is 6.61. The second kappa shape index (κ2) is 35.1. The average molecular weight is 796 g/mol. The van der Waals surface area contributed by atoms with Gasteiger partial charge in [0, 0.05) is 0 Å². The molecule has 0 spiro atoms. The molecule has 1 aliphatic heterocycles. The maximum atomic E-state index is 13.0. The van der Waals surface area contributed by atoms with E-state index in [0.717, 1.165) is 51.4 Å². The molecule has 11 nitrogen and oxygen atoms in total. The predicted octanol–water partition coefficient (Wildman–Crippen LogP) is 6.61. The van der Waals surface area contributed by atoms with Crippen LogP contribution in [0.2, 0.25) is 0 Å². The Bertz CT molecular complexity index is 1050. The molecule has 9 unspecified atom stereocenters. The van der Waals surface area contributed by atoms with Gasteiger partial charge in [0.15, 0.2) is 6.29 Å². The topological polar surface area (TPSA) is 189 Å². The molecular formula is C45H81NO10. The minimum Gasteiger partial charge on any atom is -0.394 e. The normalized spacial score (nSPS) is 22.8. The van der Waals surface area contributed by atoms with Gasteiger partial charge >= 0.3 is 0 Å². The number of unbranched alkanes of at least 4 members (excludes halogenated alkanes) is 16. The third-order valence-electron chi connectivity index (χ3n) is 10.4. The average Bonchev–Trinajstić information content (AvgIpc) is 3.20. The van der Waals surface area contributed by atoms with Crippen molar-refractivity contribution in [1.82, 2.24) is 5.32 Å². The van der Waals surface area contributed by atoms with E-state index in [0.29, 0.717) is 19.3 Å². The van der Waals surface area contributed by atoms with Crippen LogP contribution in [0, 0.1) is 0 Å². The van der Waals surface area contributed by atoms with Crippen LogP contribution in [0.25, 0.3) is 0 Å². The zero-order chi connectivity index (χ0) is 41.2. The molecule has 1 amide bonds. The number of hydrogen-bond acceptors (Lipinski definition) is 10. The first-order valence-electron chi connectivity index (χ1n) is 22.1. The molecule has 1 fully saturated rings. The molecule has 8 N–H and O–H groups in total. The lowest BCUT2D eigenvalue weighted by molar-refractivity contribution is -0.303. The first-order chi connectivity index (χ1) is 27.2. The third-order valence-corrected chi connectivity index (χ3v) is 10.4. The zero-order valence-corrected chi connectivity index (χ0v) is 34.8. The highest BCUT2D eigenvalue weighted by Crippen LogP contribution is 2.23. The van der Waals surface area contributed by atoms with E-state index in [1.54, 1.807) is 0 Å². The molecule has 0 radical (unpaired) electrons. The molecule has 0 aromatic carbocycles. The number of ether oxygens (including phenoxy) is 2. The second-order valence-electron chi connectivity index (χ2n) is 15.4. The van der Waals surface area contributed by atoms with Crippen molar-refractivity contribution < 1.29 is 50.0 Å². The number of aliphatic hydroxyl groups is 7. The molecule has 9 atom stereocenters. The fraction of sp³-hybridized carbons (Fsp3) is 0.800. The molecule has 11 heteroatoms. The van der Waals surface area contributed by atoms with Gasteiger partial charge in [-0.1, -0.05) is 140 Å². The van der Waals surface area contributed by atoms with Crippen molar-refractivity contribution >= 4 is 5.91 Å². The van der Waals surface area contributed by atoms with Crippen LogP contribution in [0.4, 0.5) is 0 Å². The summed E-state index contributed by atoms with van der Waals surface area (Å²) in [7, 11) is 0. The molecule has 0 saturated carbocycles. The van der Waals surface area contributed by atoms with Crippen molar-refractivity contribution in [2.45, 2.75) is 217 Å². The van der Waals surface area contributed by atoms with Crippen molar-refractivity contribution in [3.05, 3.63) is 48.6 Å². The Balaban J connectivity index is 2.49. The van der Waals surface area contributed by atoms with E-state index >= 15 is 0 Å². The van der Waals surface area contributed by atoms with Crippen LogP contribution in [0.15, 0.2) is 48.6 Å². The van der Waals surface area contributed by atoms with Crippen molar-refractivity contribution in [2.24, 2.45) is 0 Å². The number of carbonyl (C=O) groups excluding carboxylic acids is 1. The quantitative estimate of drug-likeness (QED) is 0.0197. The first kappa shape index (κ1) is 52.1. The summed E-state index contributed by atoms with van der Waals surface area (Å²) in [6.07, 6.45) is 28.8. The first-order valence-corrected chi connectivity index (χ1v) is 22.1. The van der Waals surface area contributed by atoms with E-state index in [9.17, 15) is 40.5 Å². The number of amides is 1. The summed E-state index contributed by atoms with van der Waals surface area (Å²) in [4.78, 5) is 13.0. The standard InChI is InChI=1S/C45H81NO10/c1-3-5-7-9-11-13-15-16-17-18-19-20-21-23-25-27-29-31-33-38(49)44(54)46-36(35-55-45-43(53)42(52)41(51)39(34-47)56-45)40(50)37(48)32-30-28-26-24-22-14-12-10-8-6-4-2/h10-13,15-16,24,26,36-43,45,47-53H,3-9,14,17-23,25,27-35H2,1-2H3,(H,46,54)/b12-10+,13-11-,16-15-,26-24+. The van der Waals surface area contributed by atoms with Crippen LogP contribution < -0.4 is 5.32 Å². The molecule has 0 bridgehead atoms. The number of allylic oxidation sites excluding steroid dienone is 8. The number of carbonyl (C=O) groups is 1. The number of rotatable bonds is 35. The maximum Gasteiger partial charge on any atom is 0.249 e. The minimum atomic E-state index is -1.67. The molecule has 56 heavy (non-hydrogen) atoms. The lowest BCUT2D eigenvalue weighted by Crippen LogP contribution is -2.60. The maximum absolute atomic E-state index is 13.0. The van der Waals surface area contributed by atoms with Crippen LogP contribution in [0.1, 0.15) is 162 Å². The van der Waals surface area contributed by atoms with Gasteiger partial charge in [0.25, 0.3) is 0 Å². The largest absolute Gasteiger partial charge is 0.394 e. The van der Waals surface area contributed by atoms with Gasteiger partial charge in [-0.15, -0.1) is 0 Å². The van der Waals surface area contributed by atoms with Crippen LogP contribution >= 0.6 is 0 Å². The summed E-state index contributed by atoms with van der Waals surface area (Å²) in [5, 5.41) is 75.4. The summed E-state index contributed by atoms with van der Waals surface area (Å²) in [5.74, 6) is -0.719. The van der Waals surface area contributed by atoms with Gasteiger partial charge in [0.05, 0.1) is 25.4 Å². The Morgan fingerprint density at radius 1 is 0.625 bits per heavy atom. The van der Waals surface area contributed by atoms with Gasteiger partial charge in [0.2, 0.25) is 5.91 Å². The molecule has 1 aliphatic rings. The van der Waals surface area contributed by atoms with Crippen LogP contribution in [0.5, 0.6) is 0 Å². The summed E-state index contributed by atoms with van der Waals surface area (Å²) in [5.41, 5.74) is 0. The van der Waals surface area contributed by atoms with Gasteiger partial charge < -0.3 is 50.5 Å². The highest BCUT2D eigenvalue weighted by atomic mass is 16.7. The van der Waals surface area contributed by atoms with Crippen LogP contribution in [0.3, 0.4) is 0 Å². The molecule has 1 heterocycles. The number of hydrogen-bond donors (Lipinski definition) is 8. The highest BCUT2D eigenvalue weighted by Gasteiger charge is 2.44. The van der Waals surface area contributed by atoms with Gasteiger partial charge in [-0.3, -0.25) is 4.79 Å². The molecular weight excluding hydrogens is 714 g/mol. The number of aliphatic hydroxyl groups excluding tert-OH is 7. The van der Waals surface area contributed by atoms with Crippen LogP contribution in [-0.4, -0.2) is 110 Å². The number of nitrogens with one attached hydrogen (secondary N) is 1. The van der Waals surface area contributed by atoms with Gasteiger partial charge in [-0.05, 0) is 70.6 Å². The van der Waals surface area contributed by atoms with Crippen molar-refractivity contribution in [3.63, 3.8) is 0 Å². The van der Waals surface area contributed by atoms with Crippen molar-refractivity contribution in [2.75, 3.05) is 13.2 Å². The third kappa shape index (κ3) is 24.8. The Labute approximate surface area is 339 Å². The Morgan fingerprint density at radius 3 is 1.73 bits per heavy atom. The van der Waals surface area contributed by atoms with Gasteiger partial charge in [0.1, 0.15) is 36.6 Å². The summed E-state index contributed by atoms with van der Waals surface area (Å²) in [6, 6.07) is -1.19. The van der Waals surface area contributed by atoms with E-state index < -0.39 is 74.2 Å². The van der Waals surface area contributed by atoms with E-state index in [-0.39, 0.29) is 12.8 Å². The molecule has 326 valence electrons. The minimum absolute atomic E-state index is 0.242. The molecule has 0 aromatic heterocycles. The summed E-state index contributed by atoms with van der Waals surface area (Å²) in [6.45, 7) is 3.31. The molecule has 1 saturated heterocycles. The second-order valence-corrected chi connectivity index (χ2v) is 15.4. The SMILES string of the molecule is CCCC/C=C/CC/C=C/CCCC(O)C(O)C(COC1OC(CO)C(O)C(O)C1O)NC(=O)C(O)CCCCCCCCCCC/C=C\C=C/CCCCC. The van der Waals surface area contributed by atoms with E-state index in [1.807, 2.05) is 6.08 Å². The summed E-state index contributed by atoms with van der Waals surface area (Å²) < 4.78 is 11.0. The zero-order valence-electron chi connectivity index (χ0n) is 34.8. The van der Waals surface area contributed by atoms with Crippen molar-refractivity contribution in [1.29, 1.82) is 0 Å². The van der Waals surface area contributed by atoms with Gasteiger partial charge in [-0.25, -0.2) is 0 Å². The predicted molar refractivity (Wildman–Crippen MR) is 224 cm³/mol. The van der Waals surface area contributed by atoms with Gasteiger partial charge in [-0.2, -0.15) is 0 Å². The van der Waals surface area contributed by atoms with E-state index in [2.05, 4.69) is 61.7 Å². The highest BCUT2D eigenvalue weighted by molar-refractivity contribution is 5.80. The molecule has 0 aromatic rings. The Hall–Kier alpha value is -1.93. The fourth-order valence-electron chi connectivity index (χ4n) is 6.61. The smallest absolute Gasteiger partial charge is 0.249 e. The van der Waals surface area contributed by atoms with Crippen LogP contribution in [-0.2, 0) is 14.3 Å².